The van der Waals surface area contributed by atoms with Gasteiger partial charge in [0, 0.05) is 0 Å². The monoisotopic (exact) mass is 193 g/mol. The van der Waals surface area contributed by atoms with E-state index in [1.807, 2.05) is 0 Å². The van der Waals surface area contributed by atoms with Gasteiger partial charge in [0.1, 0.15) is 0 Å². The second-order valence-corrected chi connectivity index (χ2v) is 2.72. The highest BCUT2D eigenvalue weighted by Gasteiger charge is 2.07. The number of tetrazole rings is 1. The molecule has 0 saturated carbocycles. The number of carbonyl (C=O) groups is 1. The van der Waals surface area contributed by atoms with E-state index >= 15 is 0 Å². The maximum atomic E-state index is 11.2. The second kappa shape index (κ2) is 5.09. The van der Waals surface area contributed by atoms with Gasteiger partial charge in [-0.15, -0.1) is 16.6 Å². The van der Waals surface area contributed by atoms with Crippen LogP contribution in [0.3, 0.4) is 0 Å². The number of aryl methyl sites for hydroxylation is 1. The molecule has 6 nitrogen and oxygen atoms in total. The summed E-state index contributed by atoms with van der Waals surface area (Å²) in [4.78, 5) is 12.6. The first kappa shape index (κ1) is 10.3. The molecule has 0 aliphatic carbocycles. The molecule has 1 aromatic rings. The predicted molar refractivity (Wildman–Crippen MR) is 49.2 cm³/mol. The highest BCUT2D eigenvalue weighted by Crippen LogP contribution is 1.87. The topological polar surface area (TPSA) is 72.7 Å². The molecule has 0 fully saturated rings. The standard InChI is InChI=1S/C8H11N5O/c1-3-4-9-6-7(14)5-8-10-12-13(2)11-8/h1,9H,4-6H2,2H3. The van der Waals surface area contributed by atoms with Crippen LogP contribution in [-0.2, 0) is 18.3 Å². The second-order valence-electron chi connectivity index (χ2n) is 2.72. The zero-order valence-electron chi connectivity index (χ0n) is 7.90. The lowest BCUT2D eigenvalue weighted by Gasteiger charge is -1.96. The maximum absolute atomic E-state index is 11.2. The fourth-order valence-corrected chi connectivity index (χ4v) is 0.907. The first-order valence-electron chi connectivity index (χ1n) is 4.11. The van der Waals surface area contributed by atoms with E-state index in [1.165, 1.54) is 4.80 Å². The van der Waals surface area contributed by atoms with Gasteiger partial charge in [0.25, 0.3) is 0 Å². The summed E-state index contributed by atoms with van der Waals surface area (Å²) in [6.45, 7) is 0.627. The molecule has 74 valence electrons. The van der Waals surface area contributed by atoms with Gasteiger partial charge in [0.2, 0.25) is 0 Å². The molecule has 0 unspecified atom stereocenters. The number of hydrogen-bond donors (Lipinski definition) is 1. The van der Waals surface area contributed by atoms with Crippen molar-refractivity contribution in [3.63, 3.8) is 0 Å². The van der Waals surface area contributed by atoms with Gasteiger partial charge in [-0.05, 0) is 5.21 Å². The van der Waals surface area contributed by atoms with Crippen LogP contribution in [0.4, 0.5) is 0 Å². The number of terminal acetylenes is 1. The van der Waals surface area contributed by atoms with Crippen molar-refractivity contribution >= 4 is 5.78 Å². The Morgan fingerprint density at radius 2 is 2.50 bits per heavy atom. The molecule has 0 aromatic carbocycles. The summed E-state index contributed by atoms with van der Waals surface area (Å²) in [5.41, 5.74) is 0. The lowest BCUT2D eigenvalue weighted by molar-refractivity contribution is -0.117. The largest absolute Gasteiger partial charge is 0.299 e. The van der Waals surface area contributed by atoms with E-state index in [-0.39, 0.29) is 18.7 Å². The maximum Gasteiger partial charge on any atom is 0.182 e. The first-order chi connectivity index (χ1) is 6.72. The van der Waals surface area contributed by atoms with Crippen molar-refractivity contribution in [1.29, 1.82) is 0 Å². The minimum Gasteiger partial charge on any atom is -0.299 e. The molecule has 0 aliphatic rings. The van der Waals surface area contributed by atoms with Gasteiger partial charge in [0.15, 0.2) is 11.6 Å². The third kappa shape index (κ3) is 3.33. The summed E-state index contributed by atoms with van der Waals surface area (Å²) in [6, 6.07) is 0. The summed E-state index contributed by atoms with van der Waals surface area (Å²) < 4.78 is 0. The molecule has 0 radical (unpaired) electrons. The molecule has 0 bridgehead atoms. The van der Waals surface area contributed by atoms with E-state index in [4.69, 9.17) is 6.42 Å². The van der Waals surface area contributed by atoms with Crippen LogP contribution in [0, 0.1) is 12.3 Å². The molecule has 1 aromatic heterocycles. The summed E-state index contributed by atoms with van der Waals surface area (Å²) in [5, 5.41) is 14.0. The Morgan fingerprint density at radius 1 is 1.71 bits per heavy atom. The van der Waals surface area contributed by atoms with E-state index in [9.17, 15) is 4.79 Å². The molecular formula is C8H11N5O. The number of aromatic nitrogens is 4. The Balaban J connectivity index is 2.31. The Hall–Kier alpha value is -1.74. The Labute approximate surface area is 81.7 Å². The van der Waals surface area contributed by atoms with Crippen LogP contribution in [0.5, 0.6) is 0 Å². The van der Waals surface area contributed by atoms with E-state index in [2.05, 4.69) is 26.6 Å². The number of ketones is 1. The van der Waals surface area contributed by atoms with Crippen molar-refractivity contribution in [2.24, 2.45) is 7.05 Å². The van der Waals surface area contributed by atoms with Crippen molar-refractivity contribution < 1.29 is 4.79 Å². The van der Waals surface area contributed by atoms with Gasteiger partial charge in [-0.25, -0.2) is 0 Å². The fourth-order valence-electron chi connectivity index (χ4n) is 0.907. The van der Waals surface area contributed by atoms with E-state index in [0.29, 0.717) is 12.4 Å². The number of hydrogen-bond acceptors (Lipinski definition) is 5. The van der Waals surface area contributed by atoms with Crippen LogP contribution in [-0.4, -0.2) is 39.1 Å². The molecule has 0 amide bonds. The fraction of sp³-hybridized carbons (Fsp3) is 0.500. The van der Waals surface area contributed by atoms with Crippen LogP contribution >= 0.6 is 0 Å². The van der Waals surface area contributed by atoms with Crippen LogP contribution in [0.1, 0.15) is 5.82 Å². The molecule has 6 heteroatoms. The van der Waals surface area contributed by atoms with Gasteiger partial charge < -0.3 is 0 Å². The highest BCUT2D eigenvalue weighted by molar-refractivity contribution is 5.82. The minimum atomic E-state index is -0.00625. The molecule has 14 heavy (non-hydrogen) atoms. The average Bonchev–Trinajstić information content (AvgIpc) is 2.52. The Bertz CT molecular complexity index is 351. The van der Waals surface area contributed by atoms with E-state index < -0.39 is 0 Å². The van der Waals surface area contributed by atoms with Crippen molar-refractivity contribution in [2.75, 3.05) is 13.1 Å². The average molecular weight is 193 g/mol. The van der Waals surface area contributed by atoms with Crippen LogP contribution in [0.15, 0.2) is 0 Å². The van der Waals surface area contributed by atoms with Gasteiger partial charge in [0.05, 0.1) is 26.6 Å². The SMILES string of the molecule is C#CCNCC(=O)Cc1nnn(C)n1. The van der Waals surface area contributed by atoms with Crippen LogP contribution < -0.4 is 5.32 Å². The molecule has 0 spiro atoms. The van der Waals surface area contributed by atoms with Crippen molar-refractivity contribution in [3.05, 3.63) is 5.82 Å². The van der Waals surface area contributed by atoms with E-state index in [0.717, 1.165) is 0 Å². The summed E-state index contributed by atoms with van der Waals surface area (Å²) in [5.74, 6) is 2.80. The van der Waals surface area contributed by atoms with Gasteiger partial charge in [-0.3, -0.25) is 10.1 Å². The zero-order valence-corrected chi connectivity index (χ0v) is 7.90. The molecule has 1 N–H and O–H groups in total. The quantitative estimate of drug-likeness (QED) is 0.457. The Morgan fingerprint density at radius 3 is 3.07 bits per heavy atom. The predicted octanol–water partition coefficient (Wildman–Crippen LogP) is -1.46. The van der Waals surface area contributed by atoms with E-state index in [1.54, 1.807) is 7.05 Å². The molecule has 0 atom stereocenters. The smallest absolute Gasteiger partial charge is 0.182 e. The summed E-state index contributed by atoms with van der Waals surface area (Å²) in [7, 11) is 1.65. The Kier molecular flexibility index (Phi) is 3.76. The van der Waals surface area contributed by atoms with Crippen LogP contribution in [0.25, 0.3) is 0 Å². The van der Waals surface area contributed by atoms with Crippen LogP contribution in [0.2, 0.25) is 0 Å². The number of nitrogens with zero attached hydrogens (tertiary/aromatic N) is 4. The number of carbonyl (C=O) groups excluding carboxylic acids is 1. The van der Waals surface area contributed by atoms with Crippen molar-refractivity contribution in [3.8, 4) is 12.3 Å². The molecular weight excluding hydrogens is 182 g/mol. The minimum absolute atomic E-state index is 0.00625. The summed E-state index contributed by atoms with van der Waals surface area (Å²) >= 11 is 0. The highest BCUT2D eigenvalue weighted by atomic mass is 16.1. The normalized spacial score (nSPS) is 9.71. The molecule has 1 rings (SSSR count). The molecule has 0 saturated heterocycles. The third-order valence-corrected chi connectivity index (χ3v) is 1.45. The molecule has 0 aliphatic heterocycles. The van der Waals surface area contributed by atoms with Gasteiger partial charge in [-0.2, -0.15) is 4.80 Å². The first-order valence-corrected chi connectivity index (χ1v) is 4.11. The number of rotatable bonds is 5. The lowest BCUT2D eigenvalue weighted by atomic mass is 10.3. The van der Waals surface area contributed by atoms with Gasteiger partial charge in [-0.1, -0.05) is 5.92 Å². The van der Waals surface area contributed by atoms with Crippen molar-refractivity contribution in [2.45, 2.75) is 6.42 Å². The number of Topliss-reactive ketones (excluding diaryl/α,β-unsaturated/α-hetero) is 1. The lowest BCUT2D eigenvalue weighted by Crippen LogP contribution is -2.24. The van der Waals surface area contributed by atoms with Gasteiger partial charge >= 0.3 is 0 Å². The summed E-state index contributed by atoms with van der Waals surface area (Å²) in [6.07, 6.45) is 5.19. The third-order valence-electron chi connectivity index (χ3n) is 1.45. The zero-order chi connectivity index (χ0) is 10.4. The number of nitrogens with one attached hydrogen (secondary N) is 1. The van der Waals surface area contributed by atoms with Crippen molar-refractivity contribution in [1.82, 2.24) is 25.5 Å². The molecule has 1 heterocycles.